The molecule has 1 spiro atoms. The quantitative estimate of drug-likeness (QED) is 0.726. The van der Waals surface area contributed by atoms with Crippen molar-refractivity contribution in [3.8, 4) is 0 Å². The molecule has 2 aliphatic heterocycles. The number of urea groups is 1. The van der Waals surface area contributed by atoms with E-state index in [1.807, 2.05) is 7.05 Å². The van der Waals surface area contributed by atoms with Crippen LogP contribution in [0.3, 0.4) is 0 Å². The highest BCUT2D eigenvalue weighted by Gasteiger charge is 2.51. The Morgan fingerprint density at radius 2 is 2.00 bits per heavy atom. The first-order valence-electron chi connectivity index (χ1n) is 8.62. The van der Waals surface area contributed by atoms with Crippen LogP contribution in [0.25, 0.3) is 0 Å². The Kier molecular flexibility index (Phi) is 6.09. The molecule has 2 heterocycles. The van der Waals surface area contributed by atoms with Gasteiger partial charge in [0.1, 0.15) is 12.1 Å². The monoisotopic (exact) mass is 358 g/mol. The zero-order valence-electron chi connectivity index (χ0n) is 14.2. The Hall–Kier alpha value is -1.34. The van der Waals surface area contributed by atoms with Crippen molar-refractivity contribution >= 4 is 30.3 Å². The van der Waals surface area contributed by atoms with Gasteiger partial charge in [0.15, 0.2) is 0 Å². The second kappa shape index (κ2) is 7.70. The normalized spacial score (nSPS) is 25.8. The van der Waals surface area contributed by atoms with Gasteiger partial charge in [-0.05, 0) is 38.8 Å². The van der Waals surface area contributed by atoms with Crippen LogP contribution in [-0.2, 0) is 9.59 Å². The van der Waals surface area contributed by atoms with Gasteiger partial charge in [0.2, 0.25) is 5.91 Å². The van der Waals surface area contributed by atoms with E-state index in [0.717, 1.165) is 37.1 Å². The van der Waals surface area contributed by atoms with Crippen LogP contribution >= 0.6 is 12.4 Å². The average molecular weight is 359 g/mol. The van der Waals surface area contributed by atoms with Crippen molar-refractivity contribution in [3.63, 3.8) is 0 Å². The Balaban J connectivity index is 0.00000208. The van der Waals surface area contributed by atoms with Crippen LogP contribution in [0.2, 0.25) is 0 Å². The number of hydrogen-bond acceptors (Lipinski definition) is 4. The summed E-state index contributed by atoms with van der Waals surface area (Å²) in [6.07, 6.45) is 5.35. The Labute approximate surface area is 148 Å². The first kappa shape index (κ1) is 19.0. The van der Waals surface area contributed by atoms with Gasteiger partial charge in [-0.1, -0.05) is 19.3 Å². The Morgan fingerprint density at radius 1 is 1.29 bits per heavy atom. The van der Waals surface area contributed by atoms with Gasteiger partial charge in [-0.3, -0.25) is 14.5 Å². The number of likely N-dealkylation sites (tertiary alicyclic amines) is 1. The lowest BCUT2D eigenvalue weighted by molar-refractivity contribution is -0.139. The van der Waals surface area contributed by atoms with E-state index in [9.17, 15) is 14.4 Å². The fourth-order valence-electron chi connectivity index (χ4n) is 4.06. The summed E-state index contributed by atoms with van der Waals surface area (Å²) in [7, 11) is 1.90. The van der Waals surface area contributed by atoms with E-state index in [-0.39, 0.29) is 30.8 Å². The van der Waals surface area contributed by atoms with Gasteiger partial charge >= 0.3 is 6.03 Å². The molecule has 1 atom stereocenters. The summed E-state index contributed by atoms with van der Waals surface area (Å²) in [5.41, 5.74) is -0.741. The number of nitrogens with zero attached hydrogens (tertiary/aromatic N) is 2. The van der Waals surface area contributed by atoms with Gasteiger partial charge < -0.3 is 15.5 Å². The van der Waals surface area contributed by atoms with Gasteiger partial charge in [0.25, 0.3) is 5.91 Å². The highest BCUT2D eigenvalue weighted by Crippen LogP contribution is 2.33. The molecule has 136 valence electrons. The molecule has 2 N–H and O–H groups in total. The highest BCUT2D eigenvalue weighted by atomic mass is 35.5. The van der Waals surface area contributed by atoms with Crippen molar-refractivity contribution in [2.24, 2.45) is 5.92 Å². The number of carbonyl (C=O) groups is 3. The molecule has 2 saturated heterocycles. The van der Waals surface area contributed by atoms with E-state index in [1.165, 1.54) is 0 Å². The van der Waals surface area contributed by atoms with Crippen molar-refractivity contribution in [2.45, 2.75) is 44.1 Å². The average Bonchev–Trinajstić information content (AvgIpc) is 3.08. The second-order valence-electron chi connectivity index (χ2n) is 7.02. The second-order valence-corrected chi connectivity index (χ2v) is 7.02. The zero-order chi connectivity index (χ0) is 16.4. The van der Waals surface area contributed by atoms with Crippen molar-refractivity contribution in [2.75, 3.05) is 33.2 Å². The molecule has 0 aromatic rings. The number of amides is 4. The summed E-state index contributed by atoms with van der Waals surface area (Å²) >= 11 is 0. The maximum Gasteiger partial charge on any atom is 0.325 e. The summed E-state index contributed by atoms with van der Waals surface area (Å²) in [4.78, 5) is 40.2. The summed E-state index contributed by atoms with van der Waals surface area (Å²) < 4.78 is 0. The molecular weight excluding hydrogens is 332 g/mol. The van der Waals surface area contributed by atoms with E-state index in [4.69, 9.17) is 0 Å². The summed E-state index contributed by atoms with van der Waals surface area (Å²) in [5.74, 6) is 0.123. The smallest absolute Gasteiger partial charge is 0.325 e. The number of nitrogens with one attached hydrogen (secondary N) is 2. The molecule has 7 nitrogen and oxygen atoms in total. The fourth-order valence-corrected chi connectivity index (χ4v) is 4.06. The standard InChI is InChI=1S/C16H26N4O3.ClH/c1-17-9-12-5-8-19(10-12)13(21)11-20-14(22)16(18-15(20)23)6-3-2-4-7-16;/h12,17H,2-11H2,1H3,(H,18,23);1H. The van der Waals surface area contributed by atoms with Crippen molar-refractivity contribution in [1.82, 2.24) is 20.4 Å². The topological polar surface area (TPSA) is 81.8 Å². The number of carbonyl (C=O) groups excluding carboxylic acids is 3. The molecule has 0 radical (unpaired) electrons. The Bertz CT molecular complexity index is 508. The number of rotatable bonds is 4. The van der Waals surface area contributed by atoms with Gasteiger partial charge in [0.05, 0.1) is 0 Å². The van der Waals surface area contributed by atoms with Crippen molar-refractivity contribution in [3.05, 3.63) is 0 Å². The number of halogens is 1. The number of imide groups is 1. The minimum atomic E-state index is -0.741. The third-order valence-electron chi connectivity index (χ3n) is 5.38. The largest absolute Gasteiger partial charge is 0.341 e. The molecule has 0 bridgehead atoms. The van der Waals surface area contributed by atoms with E-state index >= 15 is 0 Å². The highest BCUT2D eigenvalue weighted by molar-refractivity contribution is 6.09. The first-order valence-corrected chi connectivity index (χ1v) is 8.62. The van der Waals surface area contributed by atoms with Gasteiger partial charge in [-0.25, -0.2) is 4.79 Å². The van der Waals surface area contributed by atoms with Crippen LogP contribution < -0.4 is 10.6 Å². The van der Waals surface area contributed by atoms with Gasteiger partial charge in [0, 0.05) is 13.1 Å². The molecule has 1 saturated carbocycles. The van der Waals surface area contributed by atoms with E-state index in [0.29, 0.717) is 31.8 Å². The molecule has 1 unspecified atom stereocenters. The molecule has 3 fully saturated rings. The lowest BCUT2D eigenvalue weighted by Crippen LogP contribution is -2.49. The van der Waals surface area contributed by atoms with Gasteiger partial charge in [-0.2, -0.15) is 0 Å². The molecule has 1 aliphatic carbocycles. The molecule has 3 rings (SSSR count). The van der Waals surface area contributed by atoms with Crippen LogP contribution in [0.5, 0.6) is 0 Å². The van der Waals surface area contributed by atoms with Crippen molar-refractivity contribution in [1.29, 1.82) is 0 Å². The number of hydrogen-bond donors (Lipinski definition) is 2. The Morgan fingerprint density at radius 3 is 2.67 bits per heavy atom. The van der Waals surface area contributed by atoms with Gasteiger partial charge in [-0.15, -0.1) is 12.4 Å². The molecule has 24 heavy (non-hydrogen) atoms. The predicted molar refractivity (Wildman–Crippen MR) is 91.9 cm³/mol. The summed E-state index contributed by atoms with van der Waals surface area (Å²) in [6, 6.07) is -0.406. The third-order valence-corrected chi connectivity index (χ3v) is 5.38. The first-order chi connectivity index (χ1) is 11.1. The van der Waals surface area contributed by atoms with Crippen LogP contribution in [0, 0.1) is 5.92 Å². The summed E-state index contributed by atoms with van der Waals surface area (Å²) in [6.45, 7) is 2.17. The maximum absolute atomic E-state index is 12.7. The summed E-state index contributed by atoms with van der Waals surface area (Å²) in [5, 5.41) is 5.98. The predicted octanol–water partition coefficient (Wildman–Crippen LogP) is 0.731. The maximum atomic E-state index is 12.7. The lowest BCUT2D eigenvalue weighted by Gasteiger charge is -2.30. The van der Waals surface area contributed by atoms with E-state index in [2.05, 4.69) is 10.6 Å². The van der Waals surface area contributed by atoms with E-state index < -0.39 is 11.6 Å². The third kappa shape index (κ3) is 3.52. The van der Waals surface area contributed by atoms with Crippen molar-refractivity contribution < 1.29 is 14.4 Å². The van der Waals surface area contributed by atoms with Crippen LogP contribution in [0.15, 0.2) is 0 Å². The molecule has 3 aliphatic rings. The zero-order valence-corrected chi connectivity index (χ0v) is 15.0. The van der Waals surface area contributed by atoms with E-state index in [1.54, 1.807) is 4.90 Å². The molecular formula is C16H27ClN4O3. The SMILES string of the molecule is CNCC1CCN(C(=O)CN2C(=O)NC3(CCCCC3)C2=O)C1.Cl. The molecule has 8 heteroatoms. The molecule has 0 aromatic carbocycles. The minimum Gasteiger partial charge on any atom is -0.341 e. The van der Waals surface area contributed by atoms with Crippen LogP contribution in [0.1, 0.15) is 38.5 Å². The van der Waals surface area contributed by atoms with Crippen LogP contribution in [0.4, 0.5) is 4.79 Å². The fraction of sp³-hybridized carbons (Fsp3) is 0.812. The molecule has 4 amide bonds. The minimum absolute atomic E-state index is 0. The molecule has 0 aromatic heterocycles. The lowest BCUT2D eigenvalue weighted by atomic mass is 9.82. The van der Waals surface area contributed by atoms with Crippen LogP contribution in [-0.4, -0.2) is 66.4 Å².